The molecule has 1 amide bonds. The van der Waals surface area contributed by atoms with Gasteiger partial charge in [-0.05, 0) is 62.8 Å². The molecule has 174 valence electrons. The van der Waals surface area contributed by atoms with E-state index in [1.165, 1.54) is 0 Å². The van der Waals surface area contributed by atoms with Gasteiger partial charge in [-0.1, -0.05) is 17.7 Å². The van der Waals surface area contributed by atoms with Crippen LogP contribution in [-0.2, 0) is 17.8 Å². The average molecular weight is 468 g/mol. The van der Waals surface area contributed by atoms with E-state index in [9.17, 15) is 4.79 Å². The van der Waals surface area contributed by atoms with E-state index in [-0.39, 0.29) is 11.9 Å². The number of nitrogens with one attached hydrogen (secondary N) is 2. The van der Waals surface area contributed by atoms with Gasteiger partial charge in [-0.3, -0.25) is 4.79 Å². The molecule has 1 aromatic carbocycles. The van der Waals surface area contributed by atoms with E-state index in [4.69, 9.17) is 21.3 Å². The first-order chi connectivity index (χ1) is 16.0. The Bertz CT molecular complexity index is 1180. The zero-order valence-corrected chi connectivity index (χ0v) is 19.9. The Hall–Kier alpha value is -2.64. The molecule has 8 heteroatoms. The number of anilines is 1. The van der Waals surface area contributed by atoms with Gasteiger partial charge >= 0.3 is 0 Å². The Balaban J connectivity index is 1.54. The number of aromatic nitrogens is 3. The number of amides is 1. The Labute approximate surface area is 198 Å². The monoisotopic (exact) mass is 467 g/mol. The molecule has 33 heavy (non-hydrogen) atoms. The third-order valence-electron chi connectivity index (χ3n) is 6.62. The number of aryl methyl sites for hydroxylation is 2. The highest BCUT2D eigenvalue weighted by atomic mass is 35.5. The highest BCUT2D eigenvalue weighted by Crippen LogP contribution is 2.44. The van der Waals surface area contributed by atoms with Gasteiger partial charge in [0.05, 0.1) is 28.5 Å². The normalized spacial score (nSPS) is 16.8. The molecule has 1 saturated heterocycles. The lowest BCUT2D eigenvalue weighted by Crippen LogP contribution is -2.31. The predicted octanol–water partition coefficient (Wildman–Crippen LogP) is 4.81. The summed E-state index contributed by atoms with van der Waals surface area (Å²) in [5.74, 6) is 0.224. The first-order valence-corrected chi connectivity index (χ1v) is 12.2. The number of nitrogens with zero attached hydrogens (tertiary/aromatic N) is 3. The van der Waals surface area contributed by atoms with Crippen molar-refractivity contribution < 1.29 is 9.53 Å². The number of rotatable bonds is 7. The van der Waals surface area contributed by atoms with Crippen LogP contribution in [0.15, 0.2) is 24.4 Å². The van der Waals surface area contributed by atoms with Gasteiger partial charge in [-0.2, -0.15) is 5.10 Å². The van der Waals surface area contributed by atoms with Crippen LogP contribution >= 0.6 is 11.6 Å². The SMILES string of the molecule is CCn1ncc2c(NC3CCOCC3)c(C(=O)NCc3ccc(Cl)cc3C)c(C3CC3)nc21. The van der Waals surface area contributed by atoms with Crippen LogP contribution in [0.25, 0.3) is 11.0 Å². The molecule has 3 aromatic rings. The lowest BCUT2D eigenvalue weighted by Gasteiger charge is -2.26. The summed E-state index contributed by atoms with van der Waals surface area (Å²) in [5, 5.41) is 13.0. The standard InChI is InChI=1S/C25H30ClN5O2/c1-3-31-24-20(14-28-31)23(29-19-8-10-33-11-9-19)21(22(30-24)16-4-5-16)25(32)27-13-17-6-7-18(26)12-15(17)2/h6-7,12,14,16,19H,3-5,8-11,13H2,1-2H3,(H,27,32)(H,29,30). The Morgan fingerprint density at radius 1 is 1.24 bits per heavy atom. The van der Waals surface area contributed by atoms with Crippen molar-refractivity contribution in [3.8, 4) is 0 Å². The molecular weight excluding hydrogens is 438 g/mol. The van der Waals surface area contributed by atoms with Crippen LogP contribution < -0.4 is 10.6 Å². The molecular formula is C25H30ClN5O2. The molecule has 0 spiro atoms. The topological polar surface area (TPSA) is 81.1 Å². The highest BCUT2D eigenvalue weighted by molar-refractivity contribution is 6.30. The van der Waals surface area contributed by atoms with Crippen LogP contribution in [0, 0.1) is 6.92 Å². The number of carbonyl (C=O) groups excluding carboxylic acids is 1. The van der Waals surface area contributed by atoms with Gasteiger partial charge in [0.2, 0.25) is 0 Å². The minimum atomic E-state index is -0.0977. The maximum atomic E-state index is 13.7. The number of fused-ring (bicyclic) bond motifs is 1. The van der Waals surface area contributed by atoms with E-state index in [0.29, 0.717) is 23.0 Å². The third-order valence-corrected chi connectivity index (χ3v) is 6.85. The zero-order valence-electron chi connectivity index (χ0n) is 19.2. The summed E-state index contributed by atoms with van der Waals surface area (Å²) in [6.45, 7) is 6.70. The number of halogens is 1. The summed E-state index contributed by atoms with van der Waals surface area (Å²) in [6, 6.07) is 6.00. The van der Waals surface area contributed by atoms with Gasteiger partial charge in [0.15, 0.2) is 5.65 Å². The fraction of sp³-hybridized carbons (Fsp3) is 0.480. The summed E-state index contributed by atoms with van der Waals surface area (Å²) in [6.07, 6.45) is 5.79. The molecule has 2 aromatic heterocycles. The quantitative estimate of drug-likeness (QED) is 0.521. The summed E-state index contributed by atoms with van der Waals surface area (Å²) < 4.78 is 7.46. The molecule has 2 aliphatic rings. The zero-order chi connectivity index (χ0) is 22.9. The van der Waals surface area contributed by atoms with Crippen LogP contribution in [0.3, 0.4) is 0 Å². The van der Waals surface area contributed by atoms with Crippen molar-refractivity contribution in [3.63, 3.8) is 0 Å². The smallest absolute Gasteiger partial charge is 0.255 e. The molecule has 5 rings (SSSR count). The number of pyridine rings is 1. The number of hydrogen-bond acceptors (Lipinski definition) is 5. The number of carbonyl (C=O) groups is 1. The van der Waals surface area contributed by atoms with E-state index < -0.39 is 0 Å². The van der Waals surface area contributed by atoms with Gasteiger partial charge < -0.3 is 15.4 Å². The van der Waals surface area contributed by atoms with Crippen molar-refractivity contribution in [2.75, 3.05) is 18.5 Å². The van der Waals surface area contributed by atoms with Gasteiger partial charge in [-0.25, -0.2) is 9.67 Å². The lowest BCUT2D eigenvalue weighted by molar-refractivity contribution is 0.0903. The summed E-state index contributed by atoms with van der Waals surface area (Å²) in [4.78, 5) is 18.6. The van der Waals surface area contributed by atoms with E-state index in [1.54, 1.807) is 0 Å². The van der Waals surface area contributed by atoms with Gasteiger partial charge in [0.1, 0.15) is 0 Å². The summed E-state index contributed by atoms with van der Waals surface area (Å²) in [7, 11) is 0. The Kier molecular flexibility index (Phi) is 6.25. The van der Waals surface area contributed by atoms with Crippen molar-refractivity contribution in [2.24, 2.45) is 0 Å². The number of hydrogen-bond donors (Lipinski definition) is 2. The summed E-state index contributed by atoms with van der Waals surface area (Å²) >= 11 is 6.10. The summed E-state index contributed by atoms with van der Waals surface area (Å²) in [5.41, 5.74) is 5.37. The molecule has 1 aliphatic carbocycles. The van der Waals surface area contributed by atoms with Crippen molar-refractivity contribution >= 4 is 34.2 Å². The van der Waals surface area contributed by atoms with Crippen molar-refractivity contribution in [3.05, 3.63) is 51.8 Å². The maximum Gasteiger partial charge on any atom is 0.255 e. The van der Waals surface area contributed by atoms with Crippen LogP contribution in [0.4, 0.5) is 5.69 Å². The van der Waals surface area contributed by atoms with Crippen LogP contribution in [0.2, 0.25) is 5.02 Å². The molecule has 0 bridgehead atoms. The minimum absolute atomic E-state index is 0.0977. The molecule has 0 radical (unpaired) electrons. The molecule has 2 N–H and O–H groups in total. The number of ether oxygens (including phenoxy) is 1. The first-order valence-electron chi connectivity index (χ1n) is 11.8. The second kappa shape index (κ2) is 9.31. The molecule has 0 unspecified atom stereocenters. The first kappa shape index (κ1) is 22.2. The van der Waals surface area contributed by atoms with Crippen molar-refractivity contribution in [1.82, 2.24) is 20.1 Å². The van der Waals surface area contributed by atoms with Crippen LogP contribution in [0.1, 0.15) is 65.7 Å². The fourth-order valence-corrected chi connectivity index (χ4v) is 4.76. The third kappa shape index (κ3) is 4.57. The van der Waals surface area contributed by atoms with E-state index in [0.717, 1.165) is 79.0 Å². The molecule has 2 fully saturated rings. The van der Waals surface area contributed by atoms with E-state index >= 15 is 0 Å². The molecule has 1 saturated carbocycles. The second-order valence-electron chi connectivity index (χ2n) is 9.00. The fourth-order valence-electron chi connectivity index (χ4n) is 4.54. The number of benzene rings is 1. The molecule has 1 aliphatic heterocycles. The predicted molar refractivity (Wildman–Crippen MR) is 130 cm³/mol. The van der Waals surface area contributed by atoms with Gasteiger partial charge in [0.25, 0.3) is 5.91 Å². The van der Waals surface area contributed by atoms with Crippen LogP contribution in [0.5, 0.6) is 0 Å². The average Bonchev–Trinajstić information content (AvgIpc) is 3.58. The van der Waals surface area contributed by atoms with E-state index in [2.05, 4.69) is 22.7 Å². The van der Waals surface area contributed by atoms with Crippen molar-refractivity contribution in [1.29, 1.82) is 0 Å². The van der Waals surface area contributed by atoms with E-state index in [1.807, 2.05) is 36.0 Å². The van der Waals surface area contributed by atoms with Gasteiger partial charge in [-0.15, -0.1) is 0 Å². The maximum absolute atomic E-state index is 13.7. The Morgan fingerprint density at radius 3 is 2.73 bits per heavy atom. The highest BCUT2D eigenvalue weighted by Gasteiger charge is 2.34. The van der Waals surface area contributed by atoms with Crippen LogP contribution in [-0.4, -0.2) is 39.9 Å². The minimum Gasteiger partial charge on any atom is -0.381 e. The second-order valence-corrected chi connectivity index (χ2v) is 9.44. The van der Waals surface area contributed by atoms with Gasteiger partial charge in [0, 0.05) is 43.3 Å². The molecule has 7 nitrogen and oxygen atoms in total. The molecule has 0 atom stereocenters. The molecule has 3 heterocycles. The largest absolute Gasteiger partial charge is 0.381 e. The lowest BCUT2D eigenvalue weighted by atomic mass is 10.0. The Morgan fingerprint density at radius 2 is 2.03 bits per heavy atom. The van der Waals surface area contributed by atoms with Crippen molar-refractivity contribution in [2.45, 2.75) is 64.6 Å².